The number of carbonyl (C=O) groups excluding carboxylic acids is 1. The zero-order chi connectivity index (χ0) is 19.7. The first-order valence-corrected chi connectivity index (χ1v) is 11.9. The molecule has 0 bridgehead atoms. The molecule has 0 saturated carbocycles. The molecule has 4 rings (SSSR count). The van der Waals surface area contributed by atoms with Crippen molar-refractivity contribution in [3.8, 4) is 0 Å². The van der Waals surface area contributed by atoms with Crippen molar-refractivity contribution >= 4 is 31.9 Å². The van der Waals surface area contributed by atoms with Crippen molar-refractivity contribution < 1.29 is 13.2 Å². The molecule has 0 spiro atoms. The van der Waals surface area contributed by atoms with Crippen molar-refractivity contribution in [3.63, 3.8) is 0 Å². The summed E-state index contributed by atoms with van der Waals surface area (Å²) in [6.07, 6.45) is 4.28. The Kier molecular flexibility index (Phi) is 5.58. The molecule has 2 aromatic carbocycles. The molecule has 28 heavy (non-hydrogen) atoms. The highest BCUT2D eigenvalue weighted by atomic mass is 79.9. The number of aryl methyl sites for hydroxylation is 2. The van der Waals surface area contributed by atoms with Crippen LogP contribution in [0.3, 0.4) is 0 Å². The highest BCUT2D eigenvalue weighted by Gasteiger charge is 2.31. The second-order valence-corrected chi connectivity index (χ2v) is 10.1. The Bertz CT molecular complexity index is 998. The Hall–Kier alpha value is -1.70. The number of nitrogens with zero attached hydrogens (tertiary/aromatic N) is 2. The smallest absolute Gasteiger partial charge is 0.255 e. The Morgan fingerprint density at radius 3 is 2.29 bits per heavy atom. The first kappa shape index (κ1) is 19.6. The zero-order valence-electron chi connectivity index (χ0n) is 15.6. The molecular weight excluding hydrogens is 440 g/mol. The second-order valence-electron chi connectivity index (χ2n) is 7.31. The first-order chi connectivity index (χ1) is 13.5. The monoisotopic (exact) mass is 462 g/mol. The van der Waals surface area contributed by atoms with Crippen LogP contribution in [0.5, 0.6) is 0 Å². The fraction of sp³-hybridized carbons (Fsp3) is 0.381. The van der Waals surface area contributed by atoms with Gasteiger partial charge in [-0.25, -0.2) is 8.42 Å². The number of hydrogen-bond donors (Lipinski definition) is 0. The van der Waals surface area contributed by atoms with E-state index in [2.05, 4.69) is 15.9 Å². The van der Waals surface area contributed by atoms with Crippen molar-refractivity contribution in [1.29, 1.82) is 0 Å². The maximum atomic E-state index is 13.1. The molecular formula is C21H23BrN2O3S. The van der Waals surface area contributed by atoms with Crippen molar-refractivity contribution in [2.24, 2.45) is 0 Å². The largest absolute Gasteiger partial charge is 0.336 e. The molecule has 0 N–H and O–H groups in total. The number of piperazine rings is 1. The van der Waals surface area contributed by atoms with Crippen LogP contribution in [0, 0.1) is 0 Å². The van der Waals surface area contributed by atoms with Crippen molar-refractivity contribution in [2.45, 2.75) is 30.6 Å². The predicted octanol–water partition coefficient (Wildman–Crippen LogP) is 3.47. The average Bonchev–Trinajstić information content (AvgIpc) is 2.73. The fourth-order valence-corrected chi connectivity index (χ4v) is 5.88. The lowest BCUT2D eigenvalue weighted by molar-refractivity contribution is 0.0697. The predicted molar refractivity (Wildman–Crippen MR) is 112 cm³/mol. The minimum absolute atomic E-state index is 0.0710. The van der Waals surface area contributed by atoms with Crippen LogP contribution in [0.1, 0.15) is 34.3 Å². The molecule has 148 valence electrons. The van der Waals surface area contributed by atoms with Gasteiger partial charge in [-0.2, -0.15) is 4.31 Å². The molecule has 0 aromatic heterocycles. The molecule has 0 radical (unpaired) electrons. The van der Waals surface area contributed by atoms with Crippen LogP contribution in [0.25, 0.3) is 0 Å². The molecule has 1 saturated heterocycles. The van der Waals surface area contributed by atoms with Crippen LogP contribution in [0.2, 0.25) is 0 Å². The molecule has 7 heteroatoms. The van der Waals surface area contributed by atoms with Gasteiger partial charge in [-0.1, -0.05) is 18.2 Å². The molecule has 1 aliphatic carbocycles. The number of carbonyl (C=O) groups is 1. The van der Waals surface area contributed by atoms with Gasteiger partial charge in [-0.3, -0.25) is 4.79 Å². The summed E-state index contributed by atoms with van der Waals surface area (Å²) in [7, 11) is -3.53. The third-order valence-electron chi connectivity index (χ3n) is 5.59. The highest BCUT2D eigenvalue weighted by molar-refractivity contribution is 9.10. The standard InChI is InChI=1S/C21H23BrN2O3S/c22-20-8-4-3-7-19(20)21(25)23-11-13-24(14-12-23)28(26,27)18-10-9-16-5-1-2-6-17(16)15-18/h3-4,7-10,15H,1-2,5-6,11-14H2. The molecule has 0 atom stereocenters. The lowest BCUT2D eigenvalue weighted by Crippen LogP contribution is -2.50. The Balaban J connectivity index is 1.47. The summed E-state index contributed by atoms with van der Waals surface area (Å²) in [5, 5.41) is 0. The number of sulfonamides is 1. The van der Waals surface area contributed by atoms with Gasteiger partial charge in [0.05, 0.1) is 10.5 Å². The minimum atomic E-state index is -3.53. The van der Waals surface area contributed by atoms with E-state index in [0.717, 1.165) is 29.3 Å². The summed E-state index contributed by atoms with van der Waals surface area (Å²) in [5.74, 6) is -0.0710. The van der Waals surface area contributed by atoms with Gasteiger partial charge in [0.1, 0.15) is 0 Å². The normalized spacial score (nSPS) is 18.0. The summed E-state index contributed by atoms with van der Waals surface area (Å²) in [5.41, 5.74) is 3.04. The summed E-state index contributed by atoms with van der Waals surface area (Å²) in [6, 6.07) is 12.9. The van der Waals surface area contributed by atoms with E-state index >= 15 is 0 Å². The van der Waals surface area contributed by atoms with E-state index in [4.69, 9.17) is 0 Å². The van der Waals surface area contributed by atoms with E-state index in [1.165, 1.54) is 16.3 Å². The first-order valence-electron chi connectivity index (χ1n) is 9.62. The topological polar surface area (TPSA) is 57.7 Å². The van der Waals surface area contributed by atoms with Crippen LogP contribution in [0.15, 0.2) is 51.8 Å². The van der Waals surface area contributed by atoms with Gasteiger partial charge in [0, 0.05) is 30.7 Å². The molecule has 2 aliphatic rings. The third-order valence-corrected chi connectivity index (χ3v) is 8.17. The summed E-state index contributed by atoms with van der Waals surface area (Å²) in [6.45, 7) is 1.42. The Morgan fingerprint density at radius 1 is 0.893 bits per heavy atom. The van der Waals surface area contributed by atoms with E-state index in [9.17, 15) is 13.2 Å². The molecule has 1 heterocycles. The highest BCUT2D eigenvalue weighted by Crippen LogP contribution is 2.26. The number of halogens is 1. The average molecular weight is 463 g/mol. The SMILES string of the molecule is O=C(c1ccccc1Br)N1CCN(S(=O)(=O)c2ccc3c(c2)CCCC3)CC1. The zero-order valence-corrected chi connectivity index (χ0v) is 18.0. The van der Waals surface area contributed by atoms with Gasteiger partial charge in [-0.15, -0.1) is 0 Å². The number of benzene rings is 2. The number of rotatable bonds is 3. The van der Waals surface area contributed by atoms with Gasteiger partial charge in [0.15, 0.2) is 0 Å². The van der Waals surface area contributed by atoms with Crippen LogP contribution < -0.4 is 0 Å². The maximum Gasteiger partial charge on any atom is 0.255 e. The van der Waals surface area contributed by atoms with E-state index < -0.39 is 10.0 Å². The summed E-state index contributed by atoms with van der Waals surface area (Å²) in [4.78, 5) is 14.8. The summed E-state index contributed by atoms with van der Waals surface area (Å²) < 4.78 is 28.4. The third kappa shape index (κ3) is 3.75. The molecule has 5 nitrogen and oxygen atoms in total. The molecule has 2 aromatic rings. The van der Waals surface area contributed by atoms with Crippen molar-refractivity contribution in [1.82, 2.24) is 9.21 Å². The van der Waals surface area contributed by atoms with Crippen LogP contribution in [-0.2, 0) is 22.9 Å². The van der Waals surface area contributed by atoms with Gasteiger partial charge in [0.25, 0.3) is 5.91 Å². The molecule has 1 fully saturated rings. The van der Waals surface area contributed by atoms with E-state index in [1.807, 2.05) is 30.3 Å². The molecule has 1 aliphatic heterocycles. The minimum Gasteiger partial charge on any atom is -0.336 e. The lowest BCUT2D eigenvalue weighted by Gasteiger charge is -2.34. The lowest BCUT2D eigenvalue weighted by atomic mass is 9.92. The Labute approximate surface area is 174 Å². The number of fused-ring (bicyclic) bond motifs is 1. The van der Waals surface area contributed by atoms with E-state index in [1.54, 1.807) is 17.0 Å². The van der Waals surface area contributed by atoms with Gasteiger partial charge in [0.2, 0.25) is 10.0 Å². The molecule has 0 unspecified atom stereocenters. The van der Waals surface area contributed by atoms with Crippen LogP contribution in [-0.4, -0.2) is 49.7 Å². The van der Waals surface area contributed by atoms with Crippen LogP contribution in [0.4, 0.5) is 0 Å². The van der Waals surface area contributed by atoms with Gasteiger partial charge in [-0.05, 0) is 77.0 Å². The quantitative estimate of drug-likeness (QED) is 0.701. The Morgan fingerprint density at radius 2 is 1.57 bits per heavy atom. The van der Waals surface area contributed by atoms with E-state index in [-0.39, 0.29) is 5.91 Å². The van der Waals surface area contributed by atoms with Crippen molar-refractivity contribution in [3.05, 3.63) is 63.6 Å². The second kappa shape index (κ2) is 7.97. The van der Waals surface area contributed by atoms with Crippen molar-refractivity contribution in [2.75, 3.05) is 26.2 Å². The molecule has 1 amide bonds. The van der Waals surface area contributed by atoms with Crippen LogP contribution >= 0.6 is 15.9 Å². The number of hydrogen-bond acceptors (Lipinski definition) is 3. The maximum absolute atomic E-state index is 13.1. The fourth-order valence-electron chi connectivity index (χ4n) is 3.96. The van der Waals surface area contributed by atoms with E-state index in [0.29, 0.717) is 36.6 Å². The number of amides is 1. The summed E-state index contributed by atoms with van der Waals surface area (Å²) >= 11 is 3.41. The van der Waals surface area contributed by atoms with Gasteiger partial charge >= 0.3 is 0 Å². The van der Waals surface area contributed by atoms with Gasteiger partial charge < -0.3 is 4.90 Å².